The van der Waals surface area contributed by atoms with Crippen LogP contribution < -0.4 is 15.0 Å². The summed E-state index contributed by atoms with van der Waals surface area (Å²) in [7, 11) is 1.72. The van der Waals surface area contributed by atoms with E-state index >= 15 is 0 Å². The zero-order valence-corrected chi connectivity index (χ0v) is 17.2. The molecule has 3 aromatic rings. The highest BCUT2D eigenvalue weighted by atomic mass is 16.7. The Hall–Kier alpha value is -3.61. The first-order valence-corrected chi connectivity index (χ1v) is 9.75. The molecular weight excluding hydrogens is 382 g/mol. The van der Waals surface area contributed by atoms with E-state index in [0.29, 0.717) is 29.2 Å². The second-order valence-corrected chi connectivity index (χ2v) is 7.38. The van der Waals surface area contributed by atoms with Gasteiger partial charge in [0.1, 0.15) is 5.56 Å². The molecule has 1 aliphatic heterocycles. The largest absolute Gasteiger partial charge is 0.454 e. The zero-order valence-electron chi connectivity index (χ0n) is 17.2. The monoisotopic (exact) mass is 405 g/mol. The number of benzene rings is 1. The number of nitrogens with zero attached hydrogens (tertiary/aromatic N) is 3. The van der Waals surface area contributed by atoms with Gasteiger partial charge in [-0.15, -0.1) is 0 Å². The normalized spacial score (nSPS) is 13.2. The summed E-state index contributed by atoms with van der Waals surface area (Å²) >= 11 is 0. The second kappa shape index (κ2) is 8.02. The molecule has 1 aromatic carbocycles. The van der Waals surface area contributed by atoms with Crippen molar-refractivity contribution in [2.24, 2.45) is 0 Å². The number of carbonyl (C=O) groups excluding carboxylic acids is 1. The molecule has 0 radical (unpaired) electrons. The fraction of sp³-hybridized carbons (Fsp3) is 0.261. The first-order chi connectivity index (χ1) is 14.5. The average Bonchev–Trinajstić information content (AvgIpc) is 3.21. The number of amides is 1. The SMILES string of the molecule is Cc1ccn(-c2ccc3c(c2)OCO3)c(=O)c1C(=O)N(C)C(C)Cc1ccccn1. The summed E-state index contributed by atoms with van der Waals surface area (Å²) in [5.74, 6) is 0.906. The van der Waals surface area contributed by atoms with Gasteiger partial charge in [0.2, 0.25) is 6.79 Å². The number of aromatic nitrogens is 2. The number of aryl methyl sites for hydroxylation is 1. The van der Waals surface area contributed by atoms with E-state index in [0.717, 1.165) is 5.69 Å². The Morgan fingerprint density at radius 2 is 2.00 bits per heavy atom. The Bertz CT molecular complexity index is 1140. The predicted octanol–water partition coefficient (Wildman–Crippen LogP) is 2.97. The van der Waals surface area contributed by atoms with Gasteiger partial charge in [0.05, 0.1) is 5.69 Å². The standard InChI is InChI=1S/C23H23N3O4/c1-15-9-11-26(18-7-8-19-20(13-18)30-14-29-19)23(28)21(15)22(27)25(3)16(2)12-17-6-4-5-10-24-17/h4-11,13,16H,12,14H2,1-3H3. The summed E-state index contributed by atoms with van der Waals surface area (Å²) < 4.78 is 12.2. The number of rotatable bonds is 5. The van der Waals surface area contributed by atoms with Gasteiger partial charge < -0.3 is 14.4 Å². The molecule has 0 saturated carbocycles. The van der Waals surface area contributed by atoms with Crippen molar-refractivity contribution in [3.05, 3.63) is 82.0 Å². The minimum absolute atomic E-state index is 0.120. The quantitative estimate of drug-likeness (QED) is 0.653. The molecule has 0 fully saturated rings. The van der Waals surface area contributed by atoms with E-state index in [-0.39, 0.29) is 29.9 Å². The Morgan fingerprint density at radius 1 is 1.20 bits per heavy atom. The maximum absolute atomic E-state index is 13.2. The van der Waals surface area contributed by atoms with Gasteiger partial charge in [-0.3, -0.25) is 19.1 Å². The topological polar surface area (TPSA) is 73.7 Å². The number of likely N-dealkylation sites (N-methyl/N-ethyl adjacent to an activating group) is 1. The number of hydrogen-bond acceptors (Lipinski definition) is 5. The Morgan fingerprint density at radius 3 is 2.77 bits per heavy atom. The number of pyridine rings is 2. The number of fused-ring (bicyclic) bond motifs is 1. The summed E-state index contributed by atoms with van der Waals surface area (Å²) in [5.41, 5.74) is 1.94. The molecule has 0 saturated heterocycles. The van der Waals surface area contributed by atoms with Crippen LogP contribution in [0.2, 0.25) is 0 Å². The summed E-state index contributed by atoms with van der Waals surface area (Å²) in [6.07, 6.45) is 4.00. The molecule has 0 N–H and O–H groups in total. The van der Waals surface area contributed by atoms with Crippen LogP contribution in [-0.2, 0) is 6.42 Å². The van der Waals surface area contributed by atoms with Crippen molar-refractivity contribution < 1.29 is 14.3 Å². The maximum atomic E-state index is 13.2. The third kappa shape index (κ3) is 3.66. The Balaban J connectivity index is 1.64. The van der Waals surface area contributed by atoms with E-state index < -0.39 is 0 Å². The molecule has 154 valence electrons. The summed E-state index contributed by atoms with van der Waals surface area (Å²) in [5, 5.41) is 0. The van der Waals surface area contributed by atoms with Crippen LogP contribution in [-0.4, -0.2) is 40.2 Å². The van der Waals surface area contributed by atoms with Crippen LogP contribution in [0.3, 0.4) is 0 Å². The van der Waals surface area contributed by atoms with Crippen LogP contribution in [0.4, 0.5) is 0 Å². The number of ether oxygens (including phenoxy) is 2. The molecule has 0 bridgehead atoms. The lowest BCUT2D eigenvalue weighted by molar-refractivity contribution is 0.0740. The Kier molecular flexibility index (Phi) is 5.27. The van der Waals surface area contributed by atoms with E-state index in [1.807, 2.05) is 25.1 Å². The average molecular weight is 405 g/mol. The smallest absolute Gasteiger partial charge is 0.268 e. The molecular formula is C23H23N3O4. The molecule has 2 aromatic heterocycles. The highest BCUT2D eigenvalue weighted by Gasteiger charge is 2.24. The molecule has 7 heteroatoms. The van der Waals surface area contributed by atoms with Crippen molar-refractivity contribution in [3.8, 4) is 17.2 Å². The minimum atomic E-state index is -0.365. The van der Waals surface area contributed by atoms with E-state index in [9.17, 15) is 9.59 Å². The third-order valence-electron chi connectivity index (χ3n) is 5.36. The van der Waals surface area contributed by atoms with Gasteiger partial charge in [-0.1, -0.05) is 6.07 Å². The molecule has 1 amide bonds. The molecule has 30 heavy (non-hydrogen) atoms. The molecule has 1 unspecified atom stereocenters. The van der Waals surface area contributed by atoms with Gasteiger partial charge in [-0.05, 0) is 49.7 Å². The van der Waals surface area contributed by atoms with Crippen LogP contribution in [0.5, 0.6) is 11.5 Å². The van der Waals surface area contributed by atoms with Crippen molar-refractivity contribution in [2.45, 2.75) is 26.3 Å². The molecule has 0 aliphatic carbocycles. The molecule has 1 atom stereocenters. The van der Waals surface area contributed by atoms with E-state index in [4.69, 9.17) is 9.47 Å². The molecule has 0 spiro atoms. The van der Waals surface area contributed by atoms with Crippen LogP contribution in [0.1, 0.15) is 28.5 Å². The van der Waals surface area contributed by atoms with Crippen molar-refractivity contribution >= 4 is 5.91 Å². The van der Waals surface area contributed by atoms with Gasteiger partial charge in [-0.25, -0.2) is 0 Å². The molecule has 4 rings (SSSR count). The van der Waals surface area contributed by atoms with Crippen LogP contribution in [0, 0.1) is 6.92 Å². The molecule has 1 aliphatic rings. The van der Waals surface area contributed by atoms with Crippen molar-refractivity contribution in [3.63, 3.8) is 0 Å². The van der Waals surface area contributed by atoms with Crippen LogP contribution in [0.15, 0.2) is 59.7 Å². The van der Waals surface area contributed by atoms with Gasteiger partial charge >= 0.3 is 0 Å². The first-order valence-electron chi connectivity index (χ1n) is 9.75. The molecule has 3 heterocycles. The fourth-order valence-electron chi connectivity index (χ4n) is 3.46. The van der Waals surface area contributed by atoms with Crippen LogP contribution >= 0.6 is 0 Å². The number of hydrogen-bond donors (Lipinski definition) is 0. The number of carbonyl (C=O) groups is 1. The zero-order chi connectivity index (χ0) is 21.3. The maximum Gasteiger partial charge on any atom is 0.268 e. The van der Waals surface area contributed by atoms with Gasteiger partial charge in [0.25, 0.3) is 11.5 Å². The van der Waals surface area contributed by atoms with E-state index in [1.54, 1.807) is 55.5 Å². The van der Waals surface area contributed by atoms with Gasteiger partial charge in [0.15, 0.2) is 11.5 Å². The molecule has 7 nitrogen and oxygen atoms in total. The summed E-state index contributed by atoms with van der Waals surface area (Å²) in [6.45, 7) is 3.88. The summed E-state index contributed by atoms with van der Waals surface area (Å²) in [6, 6.07) is 12.6. The lowest BCUT2D eigenvalue weighted by atomic mass is 10.1. The van der Waals surface area contributed by atoms with Gasteiger partial charge in [-0.2, -0.15) is 0 Å². The van der Waals surface area contributed by atoms with E-state index in [1.165, 1.54) is 4.57 Å². The highest BCUT2D eigenvalue weighted by molar-refractivity contribution is 5.95. The van der Waals surface area contributed by atoms with E-state index in [2.05, 4.69) is 4.98 Å². The Labute approximate surface area is 174 Å². The minimum Gasteiger partial charge on any atom is -0.454 e. The van der Waals surface area contributed by atoms with Crippen LogP contribution in [0.25, 0.3) is 5.69 Å². The third-order valence-corrected chi connectivity index (χ3v) is 5.36. The predicted molar refractivity (Wildman–Crippen MR) is 112 cm³/mol. The van der Waals surface area contributed by atoms with Gasteiger partial charge in [0, 0.05) is 43.7 Å². The summed E-state index contributed by atoms with van der Waals surface area (Å²) in [4.78, 5) is 32.4. The van der Waals surface area contributed by atoms with Crippen molar-refractivity contribution in [2.75, 3.05) is 13.8 Å². The lowest BCUT2D eigenvalue weighted by Gasteiger charge is -2.25. The first kappa shape index (κ1) is 19.7. The second-order valence-electron chi connectivity index (χ2n) is 7.38. The van der Waals surface area contributed by atoms with Crippen molar-refractivity contribution in [1.82, 2.24) is 14.5 Å². The highest BCUT2D eigenvalue weighted by Crippen LogP contribution is 2.33. The fourth-order valence-corrected chi connectivity index (χ4v) is 3.46. The van der Waals surface area contributed by atoms with Crippen molar-refractivity contribution in [1.29, 1.82) is 0 Å². The lowest BCUT2D eigenvalue weighted by Crippen LogP contribution is -2.40.